The van der Waals surface area contributed by atoms with E-state index in [0.717, 1.165) is 28.3 Å². The van der Waals surface area contributed by atoms with Gasteiger partial charge >= 0.3 is 18.8 Å². The summed E-state index contributed by atoms with van der Waals surface area (Å²) >= 11 is 6.39. The van der Waals surface area contributed by atoms with E-state index in [4.69, 9.17) is 22.1 Å². The van der Waals surface area contributed by atoms with Crippen molar-refractivity contribution in [2.75, 3.05) is 6.61 Å². The lowest BCUT2D eigenvalue weighted by atomic mass is 9.75. The Morgan fingerprint density at radius 3 is 2.39 bits per heavy atom. The van der Waals surface area contributed by atoms with Gasteiger partial charge in [-0.25, -0.2) is 27.9 Å². The summed E-state index contributed by atoms with van der Waals surface area (Å²) < 4.78 is 116. The molecule has 2 aromatic heterocycles. The number of carbonyl (C=O) groups excluding carboxylic acids is 2. The van der Waals surface area contributed by atoms with E-state index in [2.05, 4.69) is 25.3 Å². The smallest absolute Gasteiger partial charge is 0.411 e. The Hall–Kier alpha value is -5.34. The molecule has 0 bridgehead atoms. The summed E-state index contributed by atoms with van der Waals surface area (Å²) in [5.41, 5.74) is 0.950. The maximum absolute atomic E-state index is 16.3. The molecule has 0 saturated heterocycles. The molecule has 1 aliphatic carbocycles. The highest BCUT2D eigenvalue weighted by molar-refractivity contribution is 6.33. The van der Waals surface area contributed by atoms with Crippen molar-refractivity contribution in [3.63, 3.8) is 0 Å². The predicted octanol–water partition coefficient (Wildman–Crippen LogP) is 7.01. The van der Waals surface area contributed by atoms with Crippen LogP contribution >= 0.6 is 11.6 Å². The number of benzene rings is 2. The molecule has 22 heteroatoms. The fourth-order valence-corrected chi connectivity index (χ4v) is 6.73. The van der Waals surface area contributed by atoms with Crippen LogP contribution in [0.25, 0.3) is 22.6 Å². The van der Waals surface area contributed by atoms with Crippen molar-refractivity contribution in [1.29, 1.82) is 0 Å². The van der Waals surface area contributed by atoms with Crippen molar-refractivity contribution in [2.24, 2.45) is 16.1 Å². The third-order valence-corrected chi connectivity index (χ3v) is 9.48. The van der Waals surface area contributed by atoms with E-state index in [0.29, 0.717) is 0 Å². The number of amides is 2. The highest BCUT2D eigenvalue weighted by Gasteiger charge is 2.64. The van der Waals surface area contributed by atoms with Gasteiger partial charge in [0.2, 0.25) is 0 Å². The molecule has 2 aromatic carbocycles. The topological polar surface area (TPSA) is 158 Å². The van der Waals surface area contributed by atoms with Gasteiger partial charge in [-0.05, 0) is 48.4 Å². The number of alkyl carbamates (subject to hydrolysis) is 1. The van der Waals surface area contributed by atoms with Crippen molar-refractivity contribution in [2.45, 2.75) is 82.8 Å². The molecule has 300 valence electrons. The fourth-order valence-electron chi connectivity index (χ4n) is 6.52. The van der Waals surface area contributed by atoms with Gasteiger partial charge in [-0.2, -0.15) is 46.7 Å². The average molecular weight is 817 g/mol. The van der Waals surface area contributed by atoms with E-state index < -0.39 is 97.3 Å². The highest BCUT2D eigenvalue weighted by Crippen LogP contribution is 2.49. The van der Waals surface area contributed by atoms with E-state index in [1.54, 1.807) is 20.8 Å². The Bertz CT molecular complexity index is 2170. The molecule has 1 fully saturated rings. The number of nitrogens with zero attached hydrogens (tertiary/aromatic N) is 8. The number of aliphatic imine (C=N–C) groups is 1. The Labute approximate surface area is 317 Å². The molecule has 1 saturated carbocycles. The summed E-state index contributed by atoms with van der Waals surface area (Å²) in [5.74, 6) is -2.79. The van der Waals surface area contributed by atoms with Gasteiger partial charge in [0.25, 0.3) is 12.3 Å². The lowest BCUT2D eigenvalue weighted by Crippen LogP contribution is -2.50. The van der Waals surface area contributed by atoms with Gasteiger partial charge in [-0.1, -0.05) is 50.6 Å². The van der Waals surface area contributed by atoms with Gasteiger partial charge in [0, 0.05) is 16.7 Å². The molecule has 0 spiro atoms. The molecule has 56 heavy (non-hydrogen) atoms. The minimum absolute atomic E-state index is 0.0266. The lowest BCUT2D eigenvalue weighted by Gasteiger charge is -2.35. The van der Waals surface area contributed by atoms with Gasteiger partial charge in [0.05, 0.1) is 17.3 Å². The SMILES string of the molecule is CC(C)(C)C[C@]1(c2ccc(-c3cnn(CC(F)F)n3)cc2F)N=C(N)N([C@H](COC(=O)NC2(C(F)(F)F)CC2)c2ccc(Cl)c(-c3ncnn3C(F)F)c2)C1=O. The van der Waals surface area contributed by atoms with Crippen molar-refractivity contribution in [1.82, 2.24) is 40.0 Å². The van der Waals surface area contributed by atoms with E-state index >= 15 is 4.39 Å². The van der Waals surface area contributed by atoms with Gasteiger partial charge < -0.3 is 15.8 Å². The zero-order valence-electron chi connectivity index (χ0n) is 29.7. The highest BCUT2D eigenvalue weighted by atomic mass is 35.5. The molecule has 6 rings (SSSR count). The van der Waals surface area contributed by atoms with Crippen LogP contribution in [0.4, 0.5) is 39.9 Å². The van der Waals surface area contributed by atoms with Crippen LogP contribution in [0.1, 0.15) is 63.8 Å². The normalized spacial score (nSPS) is 18.8. The molecule has 3 heterocycles. The molecule has 2 amide bonds. The number of nitrogens with two attached hydrogens (primary N) is 1. The van der Waals surface area contributed by atoms with Crippen LogP contribution in [-0.4, -0.2) is 77.4 Å². The first-order chi connectivity index (χ1) is 26.1. The zero-order chi connectivity index (χ0) is 41.0. The van der Waals surface area contributed by atoms with Crippen LogP contribution in [0.5, 0.6) is 0 Å². The predicted molar refractivity (Wildman–Crippen MR) is 183 cm³/mol. The quantitative estimate of drug-likeness (QED) is 0.145. The van der Waals surface area contributed by atoms with Crippen LogP contribution in [0.15, 0.2) is 53.9 Å². The lowest BCUT2D eigenvalue weighted by molar-refractivity contribution is -0.164. The van der Waals surface area contributed by atoms with E-state index in [1.807, 2.05) is 5.32 Å². The summed E-state index contributed by atoms with van der Waals surface area (Å²) in [6.07, 6.45) is -7.95. The van der Waals surface area contributed by atoms with Crippen LogP contribution in [0.3, 0.4) is 0 Å². The largest absolute Gasteiger partial charge is 0.447 e. The Morgan fingerprint density at radius 1 is 1.07 bits per heavy atom. The summed E-state index contributed by atoms with van der Waals surface area (Å²) in [6.45, 7) is 0.428. The average Bonchev–Trinajstić information content (AvgIpc) is 3.39. The number of carbonyl (C=O) groups is 2. The number of alkyl halides is 7. The molecule has 4 aromatic rings. The van der Waals surface area contributed by atoms with Gasteiger partial charge in [-0.15, -0.1) is 0 Å². The first kappa shape index (κ1) is 40.3. The van der Waals surface area contributed by atoms with Crippen LogP contribution < -0.4 is 11.1 Å². The van der Waals surface area contributed by atoms with E-state index in [9.17, 15) is 40.3 Å². The van der Waals surface area contributed by atoms with Crippen molar-refractivity contribution >= 4 is 29.6 Å². The zero-order valence-corrected chi connectivity index (χ0v) is 30.4. The van der Waals surface area contributed by atoms with Crippen molar-refractivity contribution < 1.29 is 49.4 Å². The van der Waals surface area contributed by atoms with Gasteiger partial charge in [-0.3, -0.25) is 9.69 Å². The minimum Gasteiger partial charge on any atom is -0.447 e. The Kier molecular flexibility index (Phi) is 10.5. The molecular formula is C34H33ClF8N10O3. The first-order valence-electron chi connectivity index (χ1n) is 16.8. The number of hydrogen-bond donors (Lipinski definition) is 2. The van der Waals surface area contributed by atoms with Gasteiger partial charge in [0.1, 0.15) is 36.5 Å². The van der Waals surface area contributed by atoms with Crippen molar-refractivity contribution in [3.8, 4) is 22.6 Å². The molecule has 2 aliphatic rings. The van der Waals surface area contributed by atoms with E-state index in [1.165, 1.54) is 30.3 Å². The maximum Gasteiger partial charge on any atom is 0.411 e. The second-order valence-corrected chi connectivity index (χ2v) is 14.9. The maximum atomic E-state index is 16.3. The van der Waals surface area contributed by atoms with Crippen LogP contribution in [0.2, 0.25) is 5.02 Å². The Balaban J connectivity index is 1.41. The number of aromatic nitrogens is 6. The number of halogens is 9. The van der Waals surface area contributed by atoms with Crippen molar-refractivity contribution in [3.05, 3.63) is 70.9 Å². The molecule has 0 radical (unpaired) electrons. The second kappa shape index (κ2) is 14.6. The summed E-state index contributed by atoms with van der Waals surface area (Å²) in [6, 6.07) is 5.97. The summed E-state index contributed by atoms with van der Waals surface area (Å²) in [7, 11) is 0. The number of hydrogen-bond acceptors (Lipinski definition) is 9. The second-order valence-electron chi connectivity index (χ2n) is 14.5. The Morgan fingerprint density at radius 2 is 1.79 bits per heavy atom. The molecule has 0 unspecified atom stereocenters. The third kappa shape index (κ3) is 7.85. The summed E-state index contributed by atoms with van der Waals surface area (Å²) in [5, 5.41) is 13.0. The van der Waals surface area contributed by atoms with Crippen LogP contribution in [0, 0.1) is 11.2 Å². The van der Waals surface area contributed by atoms with E-state index in [-0.39, 0.29) is 44.1 Å². The molecule has 13 nitrogen and oxygen atoms in total. The molecule has 3 N–H and O–H groups in total. The molecule has 2 atom stereocenters. The number of rotatable bonds is 12. The standard InChI is InChI=1S/C34H33ClF8N10O3/c1-31(2,3)15-33(20-6-4-17(11-22(20)36)23-12-46-51(50-23)13-25(37)38)27(54)52(29(44)48-33)24(14-56-30(55)49-32(8-9-32)34(41,42)43)18-5-7-21(35)19(10-18)26-45-16-47-53(26)28(39)40/h4-7,10-12,16,24-25,28H,8-9,13-15H2,1-3H3,(H2,44,48)(H,49,55)/t24-,33-/m1/s1. The minimum atomic E-state index is -4.78. The molecule has 1 aliphatic heterocycles. The first-order valence-corrected chi connectivity index (χ1v) is 17.2. The monoisotopic (exact) mass is 816 g/mol. The number of nitrogens with one attached hydrogen (secondary N) is 1. The van der Waals surface area contributed by atoms with Crippen LogP contribution in [-0.2, 0) is 21.6 Å². The van der Waals surface area contributed by atoms with Gasteiger partial charge in [0.15, 0.2) is 17.3 Å². The third-order valence-electron chi connectivity index (χ3n) is 9.15. The number of guanidine groups is 1. The molecular weight excluding hydrogens is 784 g/mol. The summed E-state index contributed by atoms with van der Waals surface area (Å²) in [4.78, 5) is 37.7. The fraction of sp³-hybridized carbons (Fsp3) is 0.441. The number of ether oxygens (including phenoxy) is 1.